The highest BCUT2D eigenvalue weighted by molar-refractivity contribution is 5.33. The molecular weight excluding hydrogens is 285 g/mol. The molecule has 7 heteroatoms. The number of ether oxygens (including phenoxy) is 1. The first-order valence-corrected chi connectivity index (χ1v) is 6.46. The lowest BCUT2D eigenvalue weighted by Crippen LogP contribution is -2.17. The summed E-state index contributed by atoms with van der Waals surface area (Å²) in [4.78, 5) is 0. The number of aliphatic hydroxyl groups is 1. The first kappa shape index (κ1) is 15.4. The van der Waals surface area contributed by atoms with Crippen molar-refractivity contribution in [3.8, 4) is 5.75 Å². The Morgan fingerprint density at radius 3 is 2.76 bits per heavy atom. The maximum Gasteiger partial charge on any atom is 0.573 e. The summed E-state index contributed by atoms with van der Waals surface area (Å²) in [7, 11) is 0. The normalized spacial score (nSPS) is 13.2. The van der Waals surface area contributed by atoms with Crippen LogP contribution in [0.2, 0.25) is 0 Å². The second-order valence-electron chi connectivity index (χ2n) is 4.50. The van der Waals surface area contributed by atoms with Gasteiger partial charge >= 0.3 is 6.36 Å². The molecule has 4 nitrogen and oxygen atoms in total. The third-order valence-electron chi connectivity index (χ3n) is 2.87. The molecule has 0 fully saturated rings. The Hall–Kier alpha value is -2.02. The second kappa shape index (κ2) is 6.17. The number of alkyl halides is 3. The highest BCUT2D eigenvalue weighted by Gasteiger charge is 2.31. The Morgan fingerprint density at radius 1 is 1.33 bits per heavy atom. The van der Waals surface area contributed by atoms with Gasteiger partial charge in [-0.25, -0.2) is 0 Å². The summed E-state index contributed by atoms with van der Waals surface area (Å²) in [6, 6.07) is 6.93. The molecule has 1 unspecified atom stereocenters. The van der Waals surface area contributed by atoms with Crippen LogP contribution in [0.5, 0.6) is 5.75 Å². The molecule has 21 heavy (non-hydrogen) atoms. The third-order valence-corrected chi connectivity index (χ3v) is 2.87. The number of hydrogen-bond donors (Lipinski definition) is 1. The number of benzene rings is 1. The fraction of sp³-hybridized carbons (Fsp3) is 0.357. The van der Waals surface area contributed by atoms with E-state index in [0.29, 0.717) is 17.8 Å². The fourth-order valence-corrected chi connectivity index (χ4v) is 2.03. The molecule has 0 saturated carbocycles. The number of aryl methyl sites for hydroxylation is 1. The number of aliphatic hydroxyl groups excluding tert-OH is 1. The molecule has 1 N–H and O–H groups in total. The zero-order valence-corrected chi connectivity index (χ0v) is 11.3. The molecule has 0 aliphatic rings. The first-order valence-electron chi connectivity index (χ1n) is 6.46. The van der Waals surface area contributed by atoms with Crippen LogP contribution in [-0.2, 0) is 6.54 Å². The van der Waals surface area contributed by atoms with Crippen LogP contribution in [0.4, 0.5) is 13.2 Å². The summed E-state index contributed by atoms with van der Waals surface area (Å²) < 4.78 is 42.1. The van der Waals surface area contributed by atoms with Crippen molar-refractivity contribution in [1.29, 1.82) is 0 Å². The van der Waals surface area contributed by atoms with Gasteiger partial charge in [0, 0.05) is 12.7 Å². The SMILES string of the molecule is CCCn1nccc1C(O)c1cccc(OC(F)(F)F)c1. The average molecular weight is 300 g/mol. The van der Waals surface area contributed by atoms with Gasteiger partial charge in [0.25, 0.3) is 0 Å². The van der Waals surface area contributed by atoms with Crippen LogP contribution in [0.3, 0.4) is 0 Å². The highest BCUT2D eigenvalue weighted by atomic mass is 19.4. The molecule has 0 aliphatic heterocycles. The molecule has 0 bridgehead atoms. The number of halogens is 3. The molecule has 1 heterocycles. The van der Waals surface area contributed by atoms with Crippen LogP contribution in [0.1, 0.15) is 30.7 Å². The minimum absolute atomic E-state index is 0.314. The summed E-state index contributed by atoms with van der Waals surface area (Å²) in [5.41, 5.74) is 0.843. The zero-order valence-electron chi connectivity index (χ0n) is 11.3. The van der Waals surface area contributed by atoms with E-state index in [1.807, 2.05) is 6.92 Å². The van der Waals surface area contributed by atoms with Gasteiger partial charge in [-0.05, 0) is 30.2 Å². The van der Waals surface area contributed by atoms with Crippen LogP contribution < -0.4 is 4.74 Å². The molecule has 0 radical (unpaired) electrons. The molecule has 1 aromatic carbocycles. The van der Waals surface area contributed by atoms with Crippen molar-refractivity contribution < 1.29 is 23.0 Å². The van der Waals surface area contributed by atoms with Crippen molar-refractivity contribution in [3.05, 3.63) is 47.8 Å². The molecule has 0 spiro atoms. The zero-order chi connectivity index (χ0) is 15.5. The van der Waals surface area contributed by atoms with Crippen molar-refractivity contribution in [2.75, 3.05) is 0 Å². The van der Waals surface area contributed by atoms with Crippen molar-refractivity contribution >= 4 is 0 Å². The first-order chi connectivity index (χ1) is 9.90. The van der Waals surface area contributed by atoms with E-state index in [-0.39, 0.29) is 5.75 Å². The highest BCUT2D eigenvalue weighted by Crippen LogP contribution is 2.28. The van der Waals surface area contributed by atoms with E-state index in [1.54, 1.807) is 16.9 Å². The van der Waals surface area contributed by atoms with Gasteiger partial charge < -0.3 is 9.84 Å². The molecular formula is C14H15F3N2O2. The predicted molar refractivity (Wildman–Crippen MR) is 69.7 cm³/mol. The second-order valence-corrected chi connectivity index (χ2v) is 4.50. The number of hydrogen-bond acceptors (Lipinski definition) is 3. The monoisotopic (exact) mass is 300 g/mol. The van der Waals surface area contributed by atoms with E-state index in [9.17, 15) is 18.3 Å². The quantitative estimate of drug-likeness (QED) is 0.922. The average Bonchev–Trinajstić information content (AvgIpc) is 2.85. The van der Waals surface area contributed by atoms with Crippen molar-refractivity contribution in [1.82, 2.24) is 9.78 Å². The lowest BCUT2D eigenvalue weighted by molar-refractivity contribution is -0.274. The van der Waals surface area contributed by atoms with Crippen molar-refractivity contribution in [2.24, 2.45) is 0 Å². The number of aromatic nitrogens is 2. The van der Waals surface area contributed by atoms with Gasteiger partial charge in [0.2, 0.25) is 0 Å². The van der Waals surface area contributed by atoms with Gasteiger partial charge in [0.15, 0.2) is 0 Å². The van der Waals surface area contributed by atoms with Gasteiger partial charge in [-0.2, -0.15) is 5.10 Å². The van der Waals surface area contributed by atoms with Crippen LogP contribution in [-0.4, -0.2) is 21.2 Å². The van der Waals surface area contributed by atoms with Crippen LogP contribution in [0.15, 0.2) is 36.5 Å². The van der Waals surface area contributed by atoms with E-state index in [0.717, 1.165) is 6.42 Å². The number of nitrogens with zero attached hydrogens (tertiary/aromatic N) is 2. The lowest BCUT2D eigenvalue weighted by atomic mass is 10.1. The van der Waals surface area contributed by atoms with Gasteiger partial charge in [-0.1, -0.05) is 19.1 Å². The summed E-state index contributed by atoms with van der Waals surface area (Å²) >= 11 is 0. The van der Waals surface area contributed by atoms with Crippen LogP contribution in [0, 0.1) is 0 Å². The Bertz CT molecular complexity index is 596. The maximum atomic E-state index is 12.2. The fourth-order valence-electron chi connectivity index (χ4n) is 2.03. The van der Waals surface area contributed by atoms with E-state index >= 15 is 0 Å². The molecule has 114 valence electrons. The van der Waals surface area contributed by atoms with E-state index < -0.39 is 12.5 Å². The van der Waals surface area contributed by atoms with Crippen molar-refractivity contribution in [3.63, 3.8) is 0 Å². The minimum atomic E-state index is -4.76. The van der Waals surface area contributed by atoms with E-state index in [4.69, 9.17) is 0 Å². The summed E-state index contributed by atoms with van der Waals surface area (Å²) in [6.45, 7) is 2.59. The third kappa shape index (κ3) is 3.98. The molecule has 2 rings (SSSR count). The maximum absolute atomic E-state index is 12.2. The smallest absolute Gasteiger partial charge is 0.406 e. The molecule has 0 aliphatic carbocycles. The van der Waals surface area contributed by atoms with E-state index in [2.05, 4.69) is 9.84 Å². The van der Waals surface area contributed by atoms with Crippen LogP contribution in [0.25, 0.3) is 0 Å². The standard InChI is InChI=1S/C14H15F3N2O2/c1-2-8-19-12(6-7-18-19)13(20)10-4-3-5-11(9-10)21-14(15,16)17/h3-7,9,13,20H,2,8H2,1H3. The Labute approximate surface area is 119 Å². The Morgan fingerprint density at radius 2 is 2.10 bits per heavy atom. The minimum Gasteiger partial charge on any atom is -0.406 e. The summed E-state index contributed by atoms with van der Waals surface area (Å²) in [6.07, 6.45) is -3.44. The van der Waals surface area contributed by atoms with Crippen LogP contribution >= 0.6 is 0 Å². The predicted octanol–water partition coefficient (Wildman–Crippen LogP) is 3.27. The molecule has 0 saturated heterocycles. The molecule has 0 amide bonds. The summed E-state index contributed by atoms with van der Waals surface area (Å²) in [5, 5.41) is 14.4. The van der Waals surface area contributed by atoms with Gasteiger partial charge in [-0.15, -0.1) is 13.2 Å². The molecule has 1 atom stereocenters. The largest absolute Gasteiger partial charge is 0.573 e. The van der Waals surface area contributed by atoms with Gasteiger partial charge in [0.1, 0.15) is 11.9 Å². The van der Waals surface area contributed by atoms with Gasteiger partial charge in [-0.3, -0.25) is 4.68 Å². The topological polar surface area (TPSA) is 47.3 Å². The lowest BCUT2D eigenvalue weighted by Gasteiger charge is -2.15. The summed E-state index contributed by atoms with van der Waals surface area (Å²) in [5.74, 6) is -0.361. The Balaban J connectivity index is 2.24. The number of rotatable bonds is 5. The van der Waals surface area contributed by atoms with Crippen molar-refractivity contribution in [2.45, 2.75) is 32.4 Å². The molecule has 2 aromatic rings. The molecule has 1 aromatic heterocycles. The van der Waals surface area contributed by atoms with E-state index in [1.165, 1.54) is 24.3 Å². The Kier molecular flexibility index (Phi) is 4.52. The van der Waals surface area contributed by atoms with Gasteiger partial charge in [0.05, 0.1) is 5.69 Å².